The minimum Gasteiger partial charge on any atom is -0.507 e. The summed E-state index contributed by atoms with van der Waals surface area (Å²) in [6, 6.07) is 15.4. The summed E-state index contributed by atoms with van der Waals surface area (Å²) in [5, 5.41) is 22.2. The molecule has 7 heteroatoms. The van der Waals surface area contributed by atoms with E-state index < -0.39 is 41.7 Å². The van der Waals surface area contributed by atoms with E-state index in [0.717, 1.165) is 34.6 Å². The predicted octanol–water partition coefficient (Wildman–Crippen LogP) is 4.90. The number of allylic oxidation sites excluding steroid dienone is 2. The Bertz CT molecular complexity index is 1390. The molecular formula is C28H24O7. The SMILES string of the molecule is CC(C)=CC[C@H](OC(=O)COc1ccc2ccccc2c1)C1=CC(=O)c2c(O)ccc(O)c2C1=O. The van der Waals surface area contributed by atoms with E-state index in [1.807, 2.05) is 44.2 Å². The van der Waals surface area contributed by atoms with Crippen molar-refractivity contribution >= 4 is 28.3 Å². The lowest BCUT2D eigenvalue weighted by Crippen LogP contribution is -2.30. The monoisotopic (exact) mass is 472 g/mol. The Hall–Kier alpha value is -4.39. The number of rotatable bonds is 7. The van der Waals surface area contributed by atoms with Crippen molar-refractivity contribution in [2.45, 2.75) is 26.4 Å². The number of Topliss-reactive ketones (excluding diaryl/α,β-unsaturated/α-hetero) is 1. The number of hydrogen-bond acceptors (Lipinski definition) is 7. The molecule has 0 unspecified atom stereocenters. The van der Waals surface area contributed by atoms with Gasteiger partial charge in [0.15, 0.2) is 18.2 Å². The van der Waals surface area contributed by atoms with E-state index in [1.165, 1.54) is 0 Å². The normalized spacial score (nSPS) is 13.6. The summed E-state index contributed by atoms with van der Waals surface area (Å²) in [5.74, 6) is -2.44. The molecule has 3 aromatic carbocycles. The van der Waals surface area contributed by atoms with Crippen LogP contribution < -0.4 is 4.74 Å². The molecule has 0 fully saturated rings. The summed E-state index contributed by atoms with van der Waals surface area (Å²) in [5.41, 5.74) is 0.262. The van der Waals surface area contributed by atoms with Crippen LogP contribution >= 0.6 is 0 Å². The number of ether oxygens (including phenoxy) is 2. The molecule has 0 amide bonds. The van der Waals surface area contributed by atoms with Crippen LogP contribution in [0.5, 0.6) is 17.2 Å². The van der Waals surface area contributed by atoms with E-state index in [2.05, 4.69) is 0 Å². The zero-order valence-electron chi connectivity index (χ0n) is 19.3. The van der Waals surface area contributed by atoms with Crippen LogP contribution in [0.25, 0.3) is 10.8 Å². The molecule has 0 saturated heterocycles. The Kier molecular flexibility index (Phi) is 6.68. The number of fused-ring (bicyclic) bond motifs is 2. The number of carbonyl (C=O) groups excluding carboxylic acids is 3. The van der Waals surface area contributed by atoms with Gasteiger partial charge in [-0.15, -0.1) is 0 Å². The van der Waals surface area contributed by atoms with E-state index >= 15 is 0 Å². The van der Waals surface area contributed by atoms with Gasteiger partial charge in [-0.25, -0.2) is 4.79 Å². The lowest BCUT2D eigenvalue weighted by molar-refractivity contribution is -0.149. The Morgan fingerprint density at radius 3 is 2.34 bits per heavy atom. The zero-order chi connectivity index (χ0) is 25.1. The quantitative estimate of drug-likeness (QED) is 0.286. The van der Waals surface area contributed by atoms with Gasteiger partial charge >= 0.3 is 5.97 Å². The largest absolute Gasteiger partial charge is 0.507 e. The van der Waals surface area contributed by atoms with Crippen molar-refractivity contribution < 1.29 is 34.1 Å². The van der Waals surface area contributed by atoms with Crippen LogP contribution in [0.4, 0.5) is 0 Å². The molecule has 0 saturated carbocycles. The minimum atomic E-state index is -1.08. The summed E-state index contributed by atoms with van der Waals surface area (Å²) in [6.07, 6.45) is 1.89. The number of ketones is 2. The molecule has 178 valence electrons. The Morgan fingerprint density at radius 1 is 0.943 bits per heavy atom. The molecule has 1 aliphatic carbocycles. The molecule has 1 atom stereocenters. The second-order valence-electron chi connectivity index (χ2n) is 8.44. The third kappa shape index (κ3) is 5.09. The van der Waals surface area contributed by atoms with Gasteiger partial charge in [0, 0.05) is 12.0 Å². The highest BCUT2D eigenvalue weighted by atomic mass is 16.6. The number of aromatic hydroxyl groups is 2. The lowest BCUT2D eigenvalue weighted by Gasteiger charge is -2.23. The molecule has 0 heterocycles. The fraction of sp³-hybridized carbons (Fsp3) is 0.179. The van der Waals surface area contributed by atoms with Crippen LogP contribution in [0.2, 0.25) is 0 Å². The van der Waals surface area contributed by atoms with Crippen molar-refractivity contribution in [3.05, 3.63) is 89.0 Å². The molecule has 0 radical (unpaired) electrons. The molecule has 3 aromatic rings. The fourth-order valence-corrected chi connectivity index (χ4v) is 3.90. The van der Waals surface area contributed by atoms with E-state index in [4.69, 9.17) is 9.47 Å². The Balaban J connectivity index is 1.54. The molecule has 0 aromatic heterocycles. The first kappa shape index (κ1) is 23.8. The van der Waals surface area contributed by atoms with Crippen molar-refractivity contribution in [2.24, 2.45) is 0 Å². The van der Waals surface area contributed by atoms with Gasteiger partial charge in [-0.05, 0) is 55.0 Å². The highest BCUT2D eigenvalue weighted by Crippen LogP contribution is 2.36. The molecule has 0 aliphatic heterocycles. The predicted molar refractivity (Wildman–Crippen MR) is 130 cm³/mol. The lowest BCUT2D eigenvalue weighted by atomic mass is 9.85. The molecule has 1 aliphatic rings. The molecule has 4 rings (SSSR count). The van der Waals surface area contributed by atoms with Crippen molar-refractivity contribution in [3.63, 3.8) is 0 Å². The smallest absolute Gasteiger partial charge is 0.344 e. The van der Waals surface area contributed by atoms with E-state index in [1.54, 1.807) is 18.2 Å². The van der Waals surface area contributed by atoms with Crippen molar-refractivity contribution in [1.29, 1.82) is 0 Å². The topological polar surface area (TPSA) is 110 Å². The van der Waals surface area contributed by atoms with E-state index in [9.17, 15) is 24.6 Å². The van der Waals surface area contributed by atoms with Gasteiger partial charge in [-0.3, -0.25) is 9.59 Å². The standard InChI is InChI=1S/C28H24O7/c1-16(2)7-12-24(20-14-23(31)26-21(29)10-11-22(30)27(26)28(20)33)35-25(32)15-34-19-9-8-17-5-3-4-6-18(17)13-19/h3-11,13-14,24,29-30H,12,15H2,1-2H3/t24-/m0/s1. The zero-order valence-corrected chi connectivity index (χ0v) is 19.3. The van der Waals surface area contributed by atoms with Crippen LogP contribution in [0, 0.1) is 0 Å². The summed E-state index contributed by atoms with van der Waals surface area (Å²) in [4.78, 5) is 38.5. The first-order valence-electron chi connectivity index (χ1n) is 11.0. The number of carbonyl (C=O) groups is 3. The maximum atomic E-state index is 13.2. The van der Waals surface area contributed by atoms with Crippen LogP contribution in [0.3, 0.4) is 0 Å². The van der Waals surface area contributed by atoms with Gasteiger partial charge in [0.05, 0.1) is 11.1 Å². The molecular weight excluding hydrogens is 448 g/mol. The van der Waals surface area contributed by atoms with Crippen LogP contribution in [-0.4, -0.2) is 40.5 Å². The van der Waals surface area contributed by atoms with Crippen LogP contribution in [-0.2, 0) is 9.53 Å². The molecule has 0 bridgehead atoms. The van der Waals surface area contributed by atoms with Crippen molar-refractivity contribution in [1.82, 2.24) is 0 Å². The second-order valence-corrected chi connectivity index (χ2v) is 8.44. The maximum absolute atomic E-state index is 13.2. The summed E-state index contributed by atoms with van der Waals surface area (Å²) in [7, 11) is 0. The number of hydrogen-bond donors (Lipinski definition) is 2. The van der Waals surface area contributed by atoms with Crippen LogP contribution in [0.15, 0.2) is 77.9 Å². The van der Waals surface area contributed by atoms with E-state index in [0.29, 0.717) is 5.75 Å². The molecule has 2 N–H and O–H groups in total. The first-order chi connectivity index (χ1) is 16.7. The Morgan fingerprint density at radius 2 is 1.63 bits per heavy atom. The fourth-order valence-electron chi connectivity index (χ4n) is 3.90. The van der Waals surface area contributed by atoms with Gasteiger partial charge < -0.3 is 19.7 Å². The highest BCUT2D eigenvalue weighted by Gasteiger charge is 2.35. The van der Waals surface area contributed by atoms with Gasteiger partial charge in [0.25, 0.3) is 0 Å². The summed E-state index contributed by atoms with van der Waals surface area (Å²) < 4.78 is 11.2. The number of benzene rings is 3. The summed E-state index contributed by atoms with van der Waals surface area (Å²) >= 11 is 0. The third-order valence-corrected chi connectivity index (χ3v) is 5.62. The van der Waals surface area contributed by atoms with Crippen LogP contribution in [0.1, 0.15) is 41.0 Å². The number of phenolic OH excluding ortho intramolecular Hbond substituents is 2. The van der Waals surface area contributed by atoms with Gasteiger partial charge in [0.2, 0.25) is 0 Å². The average molecular weight is 472 g/mol. The Labute approximate surface area is 201 Å². The molecule has 35 heavy (non-hydrogen) atoms. The number of esters is 1. The average Bonchev–Trinajstić information content (AvgIpc) is 2.84. The van der Waals surface area contributed by atoms with Crippen molar-refractivity contribution in [3.8, 4) is 17.2 Å². The van der Waals surface area contributed by atoms with E-state index in [-0.39, 0.29) is 23.1 Å². The highest BCUT2D eigenvalue weighted by molar-refractivity contribution is 6.27. The maximum Gasteiger partial charge on any atom is 0.344 e. The third-order valence-electron chi connectivity index (χ3n) is 5.62. The second kappa shape index (κ2) is 9.85. The van der Waals surface area contributed by atoms with Gasteiger partial charge in [-0.2, -0.15) is 0 Å². The van der Waals surface area contributed by atoms with Gasteiger partial charge in [0.1, 0.15) is 23.4 Å². The van der Waals surface area contributed by atoms with Gasteiger partial charge in [-0.1, -0.05) is 42.0 Å². The van der Waals surface area contributed by atoms with Crippen molar-refractivity contribution in [2.75, 3.05) is 6.61 Å². The summed E-state index contributed by atoms with van der Waals surface area (Å²) in [6.45, 7) is 3.30. The molecule has 7 nitrogen and oxygen atoms in total. The first-order valence-corrected chi connectivity index (χ1v) is 11.0. The number of phenols is 2. The minimum absolute atomic E-state index is 0.0834. The molecule has 0 spiro atoms.